The van der Waals surface area contributed by atoms with Crippen LogP contribution in [-0.4, -0.2) is 37.0 Å². The molecule has 2 heterocycles. The Balaban J connectivity index is 2.16. The third-order valence-electron chi connectivity index (χ3n) is 4.18. The summed E-state index contributed by atoms with van der Waals surface area (Å²) in [5.41, 5.74) is 3.17. The highest BCUT2D eigenvalue weighted by Crippen LogP contribution is 2.31. The minimum absolute atomic E-state index is 0.00928. The van der Waals surface area contributed by atoms with Crippen LogP contribution in [0.15, 0.2) is 34.4 Å². The lowest BCUT2D eigenvalue weighted by atomic mass is 10.0. The zero-order valence-corrected chi connectivity index (χ0v) is 15.6. The smallest absolute Gasteiger partial charge is 0.262 e. The van der Waals surface area contributed by atoms with E-state index in [1.54, 1.807) is 18.8 Å². The van der Waals surface area contributed by atoms with Crippen LogP contribution in [0.4, 0.5) is 0 Å². The van der Waals surface area contributed by atoms with Crippen molar-refractivity contribution in [3.63, 3.8) is 0 Å². The molecule has 0 saturated heterocycles. The summed E-state index contributed by atoms with van der Waals surface area (Å²) in [6, 6.07) is 8.22. The minimum atomic E-state index is -0.00928. The van der Waals surface area contributed by atoms with Crippen LogP contribution in [0.25, 0.3) is 21.3 Å². The van der Waals surface area contributed by atoms with Gasteiger partial charge in [0.1, 0.15) is 10.7 Å². The maximum absolute atomic E-state index is 13.2. The van der Waals surface area contributed by atoms with Crippen LogP contribution in [-0.2, 0) is 22.4 Å². The molecule has 0 unspecified atom stereocenters. The van der Waals surface area contributed by atoms with E-state index in [4.69, 9.17) is 14.5 Å². The standard InChI is InChI=1S/C19H22N2O3S/c1-13-4-6-14(7-5-13)15-12-25-18-17(15)19(22)21(9-11-24-3)16(20-18)8-10-23-2/h4-7,12H,8-11H2,1-3H3. The molecule has 0 saturated carbocycles. The highest BCUT2D eigenvalue weighted by atomic mass is 32.1. The molecule has 0 amide bonds. The number of thiophene rings is 1. The van der Waals surface area contributed by atoms with E-state index in [0.29, 0.717) is 31.6 Å². The average Bonchev–Trinajstić information content (AvgIpc) is 3.04. The molecule has 2 aromatic heterocycles. The predicted octanol–water partition coefficient (Wildman–Crippen LogP) is 3.27. The van der Waals surface area contributed by atoms with Gasteiger partial charge in [-0.05, 0) is 12.5 Å². The van der Waals surface area contributed by atoms with Crippen molar-refractivity contribution in [2.75, 3.05) is 27.4 Å². The van der Waals surface area contributed by atoms with Gasteiger partial charge < -0.3 is 9.47 Å². The van der Waals surface area contributed by atoms with Crippen molar-refractivity contribution in [1.29, 1.82) is 0 Å². The molecular weight excluding hydrogens is 336 g/mol. The average molecular weight is 358 g/mol. The number of benzene rings is 1. The van der Waals surface area contributed by atoms with Gasteiger partial charge in [-0.15, -0.1) is 11.3 Å². The second kappa shape index (κ2) is 7.91. The first-order chi connectivity index (χ1) is 12.2. The number of rotatable bonds is 7. The molecule has 25 heavy (non-hydrogen) atoms. The van der Waals surface area contributed by atoms with Gasteiger partial charge in [0, 0.05) is 31.6 Å². The van der Waals surface area contributed by atoms with Gasteiger partial charge in [0.2, 0.25) is 0 Å². The Morgan fingerprint density at radius 2 is 1.84 bits per heavy atom. The zero-order chi connectivity index (χ0) is 17.8. The molecule has 0 spiro atoms. The van der Waals surface area contributed by atoms with Crippen molar-refractivity contribution in [3.05, 3.63) is 51.4 Å². The number of hydrogen-bond acceptors (Lipinski definition) is 5. The van der Waals surface area contributed by atoms with Crippen LogP contribution in [0.1, 0.15) is 11.4 Å². The first kappa shape index (κ1) is 17.8. The summed E-state index contributed by atoms with van der Waals surface area (Å²) in [5, 5.41) is 2.70. The number of methoxy groups -OCH3 is 2. The minimum Gasteiger partial charge on any atom is -0.384 e. The lowest BCUT2D eigenvalue weighted by molar-refractivity contribution is 0.180. The molecule has 3 aromatic rings. The molecule has 0 bridgehead atoms. The maximum atomic E-state index is 13.2. The number of hydrogen-bond donors (Lipinski definition) is 0. The van der Waals surface area contributed by atoms with Crippen molar-refractivity contribution in [3.8, 4) is 11.1 Å². The summed E-state index contributed by atoms with van der Waals surface area (Å²) >= 11 is 1.51. The molecule has 5 nitrogen and oxygen atoms in total. The fourth-order valence-electron chi connectivity index (χ4n) is 2.81. The number of aromatic nitrogens is 2. The SMILES string of the molecule is COCCc1nc2scc(-c3ccc(C)cc3)c2c(=O)n1CCOC. The van der Waals surface area contributed by atoms with E-state index in [1.165, 1.54) is 16.9 Å². The van der Waals surface area contributed by atoms with Gasteiger partial charge in [0.25, 0.3) is 5.56 Å². The van der Waals surface area contributed by atoms with Crippen LogP contribution in [0, 0.1) is 6.92 Å². The van der Waals surface area contributed by atoms with Crippen molar-refractivity contribution in [1.82, 2.24) is 9.55 Å². The summed E-state index contributed by atoms with van der Waals surface area (Å²) in [7, 11) is 3.28. The fraction of sp³-hybridized carbons (Fsp3) is 0.368. The maximum Gasteiger partial charge on any atom is 0.262 e. The summed E-state index contributed by atoms with van der Waals surface area (Å²) in [6.45, 7) is 3.54. The van der Waals surface area contributed by atoms with Gasteiger partial charge in [0.15, 0.2) is 0 Å². The van der Waals surface area contributed by atoms with Crippen molar-refractivity contribution in [2.24, 2.45) is 0 Å². The molecule has 1 aromatic carbocycles. The molecular formula is C19H22N2O3S. The Morgan fingerprint density at radius 1 is 1.12 bits per heavy atom. The van der Waals surface area contributed by atoms with Crippen molar-refractivity contribution < 1.29 is 9.47 Å². The van der Waals surface area contributed by atoms with E-state index < -0.39 is 0 Å². The number of aryl methyl sites for hydroxylation is 1. The third-order valence-corrected chi connectivity index (χ3v) is 5.06. The van der Waals surface area contributed by atoms with E-state index in [-0.39, 0.29) is 5.56 Å². The fourth-order valence-corrected chi connectivity index (χ4v) is 3.77. The first-order valence-corrected chi connectivity index (χ1v) is 9.09. The van der Waals surface area contributed by atoms with Gasteiger partial charge in [-0.25, -0.2) is 4.98 Å². The molecule has 0 radical (unpaired) electrons. The van der Waals surface area contributed by atoms with Gasteiger partial charge >= 0.3 is 0 Å². The van der Waals surface area contributed by atoms with Gasteiger partial charge in [0.05, 0.1) is 25.1 Å². The van der Waals surface area contributed by atoms with Crippen LogP contribution >= 0.6 is 11.3 Å². The van der Waals surface area contributed by atoms with Crippen LogP contribution in [0.5, 0.6) is 0 Å². The third kappa shape index (κ3) is 3.66. The molecule has 0 aliphatic rings. The van der Waals surface area contributed by atoms with Gasteiger partial charge in [-0.1, -0.05) is 29.8 Å². The summed E-state index contributed by atoms with van der Waals surface area (Å²) < 4.78 is 12.0. The van der Waals surface area contributed by atoms with Crippen molar-refractivity contribution in [2.45, 2.75) is 19.9 Å². The molecule has 3 rings (SSSR count). The van der Waals surface area contributed by atoms with Crippen LogP contribution in [0.2, 0.25) is 0 Å². The first-order valence-electron chi connectivity index (χ1n) is 8.21. The molecule has 0 N–H and O–H groups in total. The Kier molecular flexibility index (Phi) is 5.63. The zero-order valence-electron chi connectivity index (χ0n) is 14.7. The Hall–Kier alpha value is -2.02. The molecule has 0 aliphatic heterocycles. The van der Waals surface area contributed by atoms with E-state index in [1.807, 2.05) is 5.38 Å². The van der Waals surface area contributed by atoms with E-state index in [2.05, 4.69) is 31.2 Å². The Morgan fingerprint density at radius 3 is 2.52 bits per heavy atom. The molecule has 132 valence electrons. The lowest BCUT2D eigenvalue weighted by Crippen LogP contribution is -2.27. The molecule has 0 aliphatic carbocycles. The molecule has 0 fully saturated rings. The highest BCUT2D eigenvalue weighted by Gasteiger charge is 2.16. The van der Waals surface area contributed by atoms with Crippen LogP contribution < -0.4 is 5.56 Å². The number of fused-ring (bicyclic) bond motifs is 1. The molecule has 6 heteroatoms. The van der Waals surface area contributed by atoms with Gasteiger partial charge in [-0.3, -0.25) is 9.36 Å². The number of ether oxygens (including phenoxy) is 2. The normalized spacial score (nSPS) is 11.3. The lowest BCUT2D eigenvalue weighted by Gasteiger charge is -2.12. The Labute approximate surface area is 150 Å². The topological polar surface area (TPSA) is 53.3 Å². The second-order valence-electron chi connectivity index (χ2n) is 5.92. The summed E-state index contributed by atoms with van der Waals surface area (Å²) in [6.07, 6.45) is 0.600. The van der Waals surface area contributed by atoms with Gasteiger partial charge in [-0.2, -0.15) is 0 Å². The Bertz CT molecular complexity index is 913. The van der Waals surface area contributed by atoms with E-state index in [0.717, 1.165) is 21.8 Å². The number of nitrogens with zero attached hydrogens (tertiary/aromatic N) is 2. The monoisotopic (exact) mass is 358 g/mol. The highest BCUT2D eigenvalue weighted by molar-refractivity contribution is 7.17. The van der Waals surface area contributed by atoms with Crippen LogP contribution in [0.3, 0.4) is 0 Å². The summed E-state index contributed by atoms with van der Waals surface area (Å²) in [4.78, 5) is 18.7. The van der Waals surface area contributed by atoms with E-state index in [9.17, 15) is 4.79 Å². The largest absolute Gasteiger partial charge is 0.384 e. The molecule has 0 atom stereocenters. The quantitative estimate of drug-likeness (QED) is 0.650. The van der Waals surface area contributed by atoms with Crippen molar-refractivity contribution >= 4 is 21.6 Å². The summed E-state index contributed by atoms with van der Waals surface area (Å²) in [5.74, 6) is 0.744. The predicted molar refractivity (Wildman–Crippen MR) is 102 cm³/mol. The van der Waals surface area contributed by atoms with E-state index >= 15 is 0 Å². The second-order valence-corrected chi connectivity index (χ2v) is 6.77.